The summed E-state index contributed by atoms with van der Waals surface area (Å²) < 4.78 is 5.15. The highest BCUT2D eigenvalue weighted by Crippen LogP contribution is 2.18. The average molecular weight is 319 g/mol. The predicted octanol–water partition coefficient (Wildman–Crippen LogP) is 3.45. The molecule has 0 aliphatic rings. The molecule has 0 N–H and O–H groups in total. The van der Waals surface area contributed by atoms with E-state index in [0.717, 1.165) is 17.7 Å². The third-order valence-electron chi connectivity index (χ3n) is 3.67. The van der Waals surface area contributed by atoms with Crippen LogP contribution in [0.25, 0.3) is 0 Å². The summed E-state index contributed by atoms with van der Waals surface area (Å²) in [5.74, 6) is 0.720. The lowest BCUT2D eigenvalue weighted by Crippen LogP contribution is -2.36. The van der Waals surface area contributed by atoms with Crippen LogP contribution in [0.5, 0.6) is 5.75 Å². The van der Waals surface area contributed by atoms with Crippen molar-refractivity contribution in [2.24, 2.45) is 0 Å². The molecule has 4 nitrogen and oxygen atoms in total. The number of nitrogens with zero attached hydrogens (tertiary/aromatic N) is 2. The quantitative estimate of drug-likeness (QED) is 0.848. The van der Waals surface area contributed by atoms with Crippen molar-refractivity contribution < 1.29 is 9.53 Å². The van der Waals surface area contributed by atoms with E-state index in [9.17, 15) is 4.79 Å². The SMILES string of the molecule is COc1ccc(C[C@@H](C)N(C)C(=O)c2ccncc2Cl)cc1. The van der Waals surface area contributed by atoms with Crippen LogP contribution in [0.1, 0.15) is 22.8 Å². The van der Waals surface area contributed by atoms with Gasteiger partial charge in [-0.05, 0) is 37.1 Å². The zero-order chi connectivity index (χ0) is 16.1. The highest BCUT2D eigenvalue weighted by atomic mass is 35.5. The van der Waals surface area contributed by atoms with E-state index in [0.29, 0.717) is 10.6 Å². The van der Waals surface area contributed by atoms with Crippen LogP contribution >= 0.6 is 11.6 Å². The second-order valence-corrected chi connectivity index (χ2v) is 5.58. The molecule has 1 aromatic heterocycles. The van der Waals surface area contributed by atoms with Crippen molar-refractivity contribution in [2.75, 3.05) is 14.2 Å². The van der Waals surface area contributed by atoms with Crippen LogP contribution < -0.4 is 4.74 Å². The number of benzene rings is 1. The molecule has 0 aliphatic carbocycles. The van der Waals surface area contributed by atoms with Gasteiger partial charge in [0.1, 0.15) is 5.75 Å². The van der Waals surface area contributed by atoms with E-state index in [1.165, 1.54) is 6.20 Å². The maximum atomic E-state index is 12.5. The number of aromatic nitrogens is 1. The van der Waals surface area contributed by atoms with Gasteiger partial charge < -0.3 is 9.64 Å². The first-order valence-electron chi connectivity index (χ1n) is 7.02. The van der Waals surface area contributed by atoms with Crippen LogP contribution in [0.15, 0.2) is 42.7 Å². The fourth-order valence-electron chi connectivity index (χ4n) is 2.18. The normalized spacial score (nSPS) is 11.8. The lowest BCUT2D eigenvalue weighted by molar-refractivity contribution is 0.0743. The Bertz CT molecular complexity index is 643. The molecule has 0 saturated heterocycles. The molecule has 22 heavy (non-hydrogen) atoms. The third-order valence-corrected chi connectivity index (χ3v) is 3.98. The number of halogens is 1. The minimum atomic E-state index is -0.103. The van der Waals surface area contributed by atoms with Gasteiger partial charge in [-0.25, -0.2) is 0 Å². The zero-order valence-corrected chi connectivity index (χ0v) is 13.7. The minimum absolute atomic E-state index is 0.0464. The topological polar surface area (TPSA) is 42.4 Å². The zero-order valence-electron chi connectivity index (χ0n) is 12.9. The number of methoxy groups -OCH3 is 1. The van der Waals surface area contributed by atoms with Crippen LogP contribution in [0, 0.1) is 0 Å². The Labute approximate surface area is 135 Å². The maximum absolute atomic E-state index is 12.5. The van der Waals surface area contributed by atoms with E-state index in [1.54, 1.807) is 31.3 Å². The summed E-state index contributed by atoms with van der Waals surface area (Å²) in [5.41, 5.74) is 1.62. The highest BCUT2D eigenvalue weighted by molar-refractivity contribution is 6.33. The Balaban J connectivity index is 2.06. The van der Waals surface area contributed by atoms with Crippen LogP contribution in [-0.2, 0) is 6.42 Å². The minimum Gasteiger partial charge on any atom is -0.497 e. The molecule has 1 atom stereocenters. The first-order chi connectivity index (χ1) is 10.5. The van der Waals surface area contributed by atoms with Crippen molar-refractivity contribution in [3.63, 3.8) is 0 Å². The first-order valence-corrected chi connectivity index (χ1v) is 7.40. The molecule has 0 radical (unpaired) electrons. The summed E-state index contributed by atoms with van der Waals surface area (Å²) in [7, 11) is 3.43. The molecule has 0 bridgehead atoms. The van der Waals surface area contributed by atoms with E-state index < -0.39 is 0 Å². The van der Waals surface area contributed by atoms with Crippen molar-refractivity contribution in [2.45, 2.75) is 19.4 Å². The number of amides is 1. The van der Waals surface area contributed by atoms with Gasteiger partial charge in [-0.3, -0.25) is 9.78 Å². The lowest BCUT2D eigenvalue weighted by Gasteiger charge is -2.25. The highest BCUT2D eigenvalue weighted by Gasteiger charge is 2.19. The van der Waals surface area contributed by atoms with Gasteiger partial charge in [0.15, 0.2) is 0 Å². The van der Waals surface area contributed by atoms with Crippen LogP contribution in [0.3, 0.4) is 0 Å². The number of hydrogen-bond donors (Lipinski definition) is 0. The second-order valence-electron chi connectivity index (χ2n) is 5.17. The monoisotopic (exact) mass is 318 g/mol. The molecule has 0 spiro atoms. The number of likely N-dealkylation sites (N-methyl/N-ethyl adjacent to an activating group) is 1. The summed E-state index contributed by atoms with van der Waals surface area (Å²) in [6.07, 6.45) is 3.81. The molecular formula is C17H19ClN2O2. The third kappa shape index (κ3) is 3.77. The van der Waals surface area contributed by atoms with Crippen molar-refractivity contribution in [1.82, 2.24) is 9.88 Å². The number of hydrogen-bond acceptors (Lipinski definition) is 3. The second kappa shape index (κ2) is 7.27. The lowest BCUT2D eigenvalue weighted by atomic mass is 10.1. The predicted molar refractivity (Wildman–Crippen MR) is 87.5 cm³/mol. The Morgan fingerprint density at radius 3 is 2.59 bits per heavy atom. The molecule has 2 aromatic rings. The summed E-state index contributed by atoms with van der Waals surface area (Å²) >= 11 is 6.04. The fourth-order valence-corrected chi connectivity index (χ4v) is 2.38. The molecule has 116 valence electrons. The van der Waals surface area contributed by atoms with Crippen LogP contribution in [0.2, 0.25) is 5.02 Å². The Morgan fingerprint density at radius 1 is 1.32 bits per heavy atom. The number of rotatable bonds is 5. The molecule has 0 unspecified atom stereocenters. The fraction of sp³-hybridized carbons (Fsp3) is 0.294. The van der Waals surface area contributed by atoms with Gasteiger partial charge in [-0.15, -0.1) is 0 Å². The maximum Gasteiger partial charge on any atom is 0.255 e. The average Bonchev–Trinajstić information content (AvgIpc) is 2.54. The molecule has 5 heteroatoms. The Hall–Kier alpha value is -2.07. The van der Waals surface area contributed by atoms with Gasteiger partial charge in [0.05, 0.1) is 17.7 Å². The Morgan fingerprint density at radius 2 is 2.00 bits per heavy atom. The van der Waals surface area contributed by atoms with Gasteiger partial charge in [0, 0.05) is 25.5 Å². The molecule has 0 aliphatic heterocycles. The molecule has 1 heterocycles. The molecular weight excluding hydrogens is 300 g/mol. The summed E-state index contributed by atoms with van der Waals surface area (Å²) in [5, 5.41) is 0.371. The van der Waals surface area contributed by atoms with Crippen molar-refractivity contribution >= 4 is 17.5 Å². The number of pyridine rings is 1. The summed E-state index contributed by atoms with van der Waals surface area (Å²) in [4.78, 5) is 18.1. The van der Waals surface area contributed by atoms with E-state index in [2.05, 4.69) is 4.98 Å². The first kappa shape index (κ1) is 16.3. The smallest absolute Gasteiger partial charge is 0.255 e. The molecule has 0 saturated carbocycles. The number of carbonyl (C=O) groups is 1. The van der Waals surface area contributed by atoms with Crippen molar-refractivity contribution in [3.8, 4) is 5.75 Å². The van der Waals surface area contributed by atoms with E-state index in [1.807, 2.05) is 31.2 Å². The van der Waals surface area contributed by atoms with E-state index in [4.69, 9.17) is 16.3 Å². The number of carbonyl (C=O) groups excluding carboxylic acids is 1. The molecule has 2 rings (SSSR count). The largest absolute Gasteiger partial charge is 0.497 e. The van der Waals surface area contributed by atoms with Crippen molar-refractivity contribution in [1.29, 1.82) is 0 Å². The Kier molecular flexibility index (Phi) is 5.39. The van der Waals surface area contributed by atoms with Crippen LogP contribution in [0.4, 0.5) is 0 Å². The number of ether oxygens (including phenoxy) is 1. The van der Waals surface area contributed by atoms with E-state index >= 15 is 0 Å². The standard InChI is InChI=1S/C17H19ClN2O2/c1-12(10-13-4-6-14(22-3)7-5-13)20(2)17(21)15-8-9-19-11-16(15)18/h4-9,11-12H,10H2,1-3H3/t12-/m1/s1. The molecule has 1 amide bonds. The van der Waals surface area contributed by atoms with Gasteiger partial charge in [-0.2, -0.15) is 0 Å². The van der Waals surface area contributed by atoms with Gasteiger partial charge >= 0.3 is 0 Å². The van der Waals surface area contributed by atoms with E-state index in [-0.39, 0.29) is 11.9 Å². The van der Waals surface area contributed by atoms with Gasteiger partial charge in [0.25, 0.3) is 5.91 Å². The molecule has 1 aromatic carbocycles. The van der Waals surface area contributed by atoms with Gasteiger partial charge in [0.2, 0.25) is 0 Å². The van der Waals surface area contributed by atoms with Gasteiger partial charge in [-0.1, -0.05) is 23.7 Å². The molecule has 0 fully saturated rings. The summed E-state index contributed by atoms with van der Waals surface area (Å²) in [6, 6.07) is 9.54. The summed E-state index contributed by atoms with van der Waals surface area (Å²) in [6.45, 7) is 2.01. The van der Waals surface area contributed by atoms with Crippen molar-refractivity contribution in [3.05, 3.63) is 58.9 Å². The van der Waals surface area contributed by atoms with Crippen LogP contribution in [-0.4, -0.2) is 36.0 Å².